The Morgan fingerprint density at radius 1 is 0.295 bits per heavy atom. The van der Waals surface area contributed by atoms with Crippen molar-refractivity contribution in [2.24, 2.45) is 0 Å². The van der Waals surface area contributed by atoms with Gasteiger partial charge in [-0.2, -0.15) is 0 Å². The molecule has 0 saturated heterocycles. The maximum atomic E-state index is 12.3. The summed E-state index contributed by atoms with van der Waals surface area (Å²) < 4.78 is 10.7. The predicted molar refractivity (Wildman–Crippen MR) is 343 cm³/mol. The fourth-order valence-electron chi connectivity index (χ4n) is 8.34. The third-order valence-corrected chi connectivity index (χ3v) is 13.0. The van der Waals surface area contributed by atoms with Crippen molar-refractivity contribution in [1.29, 1.82) is 0 Å². The highest BCUT2D eigenvalue weighted by Crippen LogP contribution is 2.15. The molecule has 0 radical (unpaired) electrons. The second-order valence-corrected chi connectivity index (χ2v) is 20.4. The largest absolute Gasteiger partial charge is 0.462 e. The van der Waals surface area contributed by atoms with Gasteiger partial charge < -0.3 is 14.6 Å². The molecule has 5 nitrogen and oxygen atoms in total. The van der Waals surface area contributed by atoms with Crippen LogP contribution in [-0.2, 0) is 19.1 Å². The van der Waals surface area contributed by atoms with Gasteiger partial charge in [-0.25, -0.2) is 0 Å². The minimum Gasteiger partial charge on any atom is -0.462 e. The maximum absolute atomic E-state index is 12.3. The number of carbonyl (C=O) groups is 2. The molecule has 0 bridgehead atoms. The molecule has 0 rings (SSSR count). The van der Waals surface area contributed by atoms with Crippen molar-refractivity contribution in [2.45, 2.75) is 264 Å². The van der Waals surface area contributed by atoms with Crippen LogP contribution < -0.4 is 0 Å². The van der Waals surface area contributed by atoms with Crippen molar-refractivity contribution < 1.29 is 24.2 Å². The first-order chi connectivity index (χ1) is 38.6. The van der Waals surface area contributed by atoms with E-state index in [0.29, 0.717) is 12.8 Å². The molecule has 438 valence electrons. The Hall–Kier alpha value is -4.74. The number of aliphatic hydroxyl groups is 1. The fraction of sp³-hybridized carbons (Fsp3) is 0.589. The third-order valence-electron chi connectivity index (χ3n) is 13.0. The SMILES string of the molecule is CC/C=C\C/C=C\C/C=C\C/C=C\C/C=C\C/C=C\C/C=C\C/C=C\CCCCCCCCCCCCC(=O)OC(CO)COC(=O)CCCCCCCCCCCC/C=C\C/C=C\C/C=C\C/C=C\C/C=C\C/C=C\CC. The van der Waals surface area contributed by atoms with Crippen LogP contribution in [0.1, 0.15) is 258 Å². The number of ether oxygens (including phenoxy) is 2. The Morgan fingerprint density at radius 3 is 0.769 bits per heavy atom. The van der Waals surface area contributed by atoms with E-state index in [1.54, 1.807) is 0 Å². The molecule has 1 atom stereocenters. The molecule has 0 heterocycles. The first kappa shape index (κ1) is 73.3. The van der Waals surface area contributed by atoms with Gasteiger partial charge >= 0.3 is 11.9 Å². The second kappa shape index (κ2) is 66.5. The lowest BCUT2D eigenvalue weighted by atomic mass is 10.0. The Bertz CT molecular complexity index is 1740. The highest BCUT2D eigenvalue weighted by atomic mass is 16.6. The van der Waals surface area contributed by atoms with Crippen LogP contribution in [-0.4, -0.2) is 36.4 Å². The molecule has 0 fully saturated rings. The van der Waals surface area contributed by atoms with Crippen LogP contribution in [0.5, 0.6) is 0 Å². The van der Waals surface area contributed by atoms with Crippen LogP contribution in [0.3, 0.4) is 0 Å². The van der Waals surface area contributed by atoms with Gasteiger partial charge in [0.25, 0.3) is 0 Å². The van der Waals surface area contributed by atoms with Crippen molar-refractivity contribution in [3.05, 3.63) is 170 Å². The number of rotatable bonds is 56. The van der Waals surface area contributed by atoms with E-state index < -0.39 is 6.10 Å². The standard InChI is InChI=1S/C73H116O5/c1-3-5-7-9-11-13-15-17-19-21-23-25-27-29-31-33-34-35-36-37-38-40-42-44-46-48-50-52-54-56-58-60-62-64-66-68-73(76)78-71(69-74)70-77-72(75)67-65-63-61-59-57-55-53-51-49-47-45-43-41-39-32-30-28-26-24-22-20-18-16-14-12-10-8-6-4-2/h5-8,11-14,17-20,23-26,29-32,34-35,37-38,41-44,71,74H,3-4,9-10,15-16,21-22,27-28,33,36,39-40,45-70H2,1-2H3/b7-5-,8-6-,13-11-,14-12-,19-17-,20-18-,25-23-,26-24-,31-29-,32-30-,35-34-,38-37-,43-41-,44-42-. The Morgan fingerprint density at radius 2 is 0.513 bits per heavy atom. The van der Waals surface area contributed by atoms with Crippen molar-refractivity contribution in [2.75, 3.05) is 13.2 Å². The van der Waals surface area contributed by atoms with E-state index in [-0.39, 0.29) is 25.2 Å². The molecule has 0 aromatic heterocycles. The topological polar surface area (TPSA) is 72.8 Å². The Balaban J connectivity index is 3.58. The summed E-state index contributed by atoms with van der Waals surface area (Å²) >= 11 is 0. The fourth-order valence-corrected chi connectivity index (χ4v) is 8.34. The van der Waals surface area contributed by atoms with Crippen LogP contribution in [0.2, 0.25) is 0 Å². The lowest BCUT2D eigenvalue weighted by molar-refractivity contribution is -0.161. The van der Waals surface area contributed by atoms with E-state index in [1.807, 2.05) is 0 Å². The molecule has 0 aliphatic carbocycles. The van der Waals surface area contributed by atoms with Gasteiger partial charge in [-0.05, 0) is 128 Å². The first-order valence-corrected chi connectivity index (χ1v) is 31.7. The molecular weight excluding hydrogens is 957 g/mol. The third kappa shape index (κ3) is 63.8. The molecule has 0 aromatic rings. The van der Waals surface area contributed by atoms with E-state index >= 15 is 0 Å². The van der Waals surface area contributed by atoms with Crippen molar-refractivity contribution in [3.63, 3.8) is 0 Å². The van der Waals surface area contributed by atoms with Gasteiger partial charge in [0.1, 0.15) is 6.61 Å². The number of hydrogen-bond donors (Lipinski definition) is 1. The zero-order valence-electron chi connectivity index (χ0n) is 50.1. The van der Waals surface area contributed by atoms with Gasteiger partial charge in [-0.3, -0.25) is 9.59 Å². The molecule has 1 unspecified atom stereocenters. The summed E-state index contributed by atoms with van der Waals surface area (Å²) in [7, 11) is 0. The Kier molecular flexibility index (Phi) is 62.5. The predicted octanol–water partition coefficient (Wildman–Crippen LogP) is 22.1. The number of unbranched alkanes of at least 4 members (excludes halogenated alkanes) is 20. The molecule has 0 saturated carbocycles. The summed E-state index contributed by atoms with van der Waals surface area (Å²) in [6, 6.07) is 0. The summed E-state index contributed by atoms with van der Waals surface area (Å²) in [5.41, 5.74) is 0. The van der Waals surface area contributed by atoms with Gasteiger partial charge in [-0.1, -0.05) is 287 Å². The lowest BCUT2D eigenvalue weighted by Crippen LogP contribution is -2.28. The smallest absolute Gasteiger partial charge is 0.306 e. The molecule has 1 N–H and O–H groups in total. The van der Waals surface area contributed by atoms with E-state index in [4.69, 9.17) is 9.47 Å². The van der Waals surface area contributed by atoms with Crippen molar-refractivity contribution in [1.82, 2.24) is 0 Å². The van der Waals surface area contributed by atoms with E-state index in [0.717, 1.165) is 128 Å². The maximum Gasteiger partial charge on any atom is 0.306 e. The molecule has 0 amide bonds. The average Bonchev–Trinajstić information content (AvgIpc) is 3.44. The van der Waals surface area contributed by atoms with Gasteiger partial charge in [-0.15, -0.1) is 0 Å². The van der Waals surface area contributed by atoms with Crippen LogP contribution in [0.4, 0.5) is 0 Å². The van der Waals surface area contributed by atoms with Crippen molar-refractivity contribution in [3.8, 4) is 0 Å². The summed E-state index contributed by atoms with van der Waals surface area (Å²) in [4.78, 5) is 24.6. The molecule has 0 spiro atoms. The quantitative estimate of drug-likeness (QED) is 0.0373. The highest BCUT2D eigenvalue weighted by molar-refractivity contribution is 5.70. The van der Waals surface area contributed by atoms with Crippen LogP contribution in [0.15, 0.2) is 170 Å². The number of carbonyl (C=O) groups excluding carboxylic acids is 2. The lowest BCUT2D eigenvalue weighted by Gasteiger charge is -2.15. The minimum absolute atomic E-state index is 0.0798. The van der Waals surface area contributed by atoms with Crippen LogP contribution in [0.25, 0.3) is 0 Å². The highest BCUT2D eigenvalue weighted by Gasteiger charge is 2.16. The molecule has 78 heavy (non-hydrogen) atoms. The van der Waals surface area contributed by atoms with Gasteiger partial charge in [0.2, 0.25) is 0 Å². The summed E-state index contributed by atoms with van der Waals surface area (Å²) in [6.07, 6.45) is 103. The first-order valence-electron chi connectivity index (χ1n) is 31.7. The number of aliphatic hydroxyl groups excluding tert-OH is 1. The van der Waals surface area contributed by atoms with Gasteiger partial charge in [0.05, 0.1) is 6.61 Å². The van der Waals surface area contributed by atoms with E-state index in [1.165, 1.54) is 103 Å². The molecule has 0 aliphatic heterocycles. The van der Waals surface area contributed by atoms with Crippen LogP contribution >= 0.6 is 0 Å². The van der Waals surface area contributed by atoms with Crippen LogP contribution in [0, 0.1) is 0 Å². The number of esters is 2. The summed E-state index contributed by atoms with van der Waals surface area (Å²) in [5, 5.41) is 9.69. The number of allylic oxidation sites excluding steroid dienone is 28. The molecule has 0 aliphatic rings. The zero-order chi connectivity index (χ0) is 56.2. The van der Waals surface area contributed by atoms with Gasteiger partial charge in [0, 0.05) is 12.8 Å². The van der Waals surface area contributed by atoms with E-state index in [2.05, 4.69) is 184 Å². The minimum atomic E-state index is -0.790. The molecular formula is C73H116O5. The molecule has 5 heteroatoms. The molecule has 0 aromatic carbocycles. The normalized spacial score (nSPS) is 13.4. The average molecular weight is 1070 g/mol. The van der Waals surface area contributed by atoms with Crippen molar-refractivity contribution >= 4 is 11.9 Å². The summed E-state index contributed by atoms with van der Waals surface area (Å²) in [5.74, 6) is -0.608. The van der Waals surface area contributed by atoms with E-state index in [9.17, 15) is 14.7 Å². The Labute approximate surface area is 481 Å². The summed E-state index contributed by atoms with van der Waals surface area (Å²) in [6.45, 7) is 3.90. The number of hydrogen-bond acceptors (Lipinski definition) is 5. The van der Waals surface area contributed by atoms with Gasteiger partial charge in [0.15, 0.2) is 6.10 Å². The zero-order valence-corrected chi connectivity index (χ0v) is 50.1. The monoisotopic (exact) mass is 1070 g/mol. The second-order valence-electron chi connectivity index (χ2n) is 20.4.